The number of rotatable bonds is 6. The topological polar surface area (TPSA) is 52.6 Å². The van der Waals surface area contributed by atoms with Gasteiger partial charge in [0.15, 0.2) is 5.96 Å². The van der Waals surface area contributed by atoms with E-state index < -0.39 is 0 Å². The number of benzene rings is 2. The van der Waals surface area contributed by atoms with Gasteiger partial charge in [0.1, 0.15) is 0 Å². The first-order valence-electron chi connectivity index (χ1n) is 11.2. The van der Waals surface area contributed by atoms with Crippen LogP contribution in [-0.4, -0.2) is 36.6 Å². The van der Waals surface area contributed by atoms with Crippen molar-refractivity contribution in [2.75, 3.05) is 24.5 Å². The van der Waals surface area contributed by atoms with Crippen LogP contribution in [0.2, 0.25) is 0 Å². The van der Waals surface area contributed by atoms with E-state index in [0.29, 0.717) is 12.6 Å². The quantitative estimate of drug-likeness (QED) is 0.462. The molecular formula is C26H31N5. The average molecular weight is 414 g/mol. The highest BCUT2D eigenvalue weighted by molar-refractivity contribution is 5.80. The monoisotopic (exact) mass is 413 g/mol. The number of aliphatic imine (C=N–C) groups is 1. The lowest BCUT2D eigenvalue weighted by atomic mass is 10.0. The lowest BCUT2D eigenvalue weighted by molar-refractivity contribution is 0.461. The summed E-state index contributed by atoms with van der Waals surface area (Å²) in [4.78, 5) is 11.8. The van der Waals surface area contributed by atoms with Gasteiger partial charge < -0.3 is 15.5 Å². The van der Waals surface area contributed by atoms with Crippen LogP contribution in [0.25, 0.3) is 11.3 Å². The van der Waals surface area contributed by atoms with Crippen molar-refractivity contribution in [2.24, 2.45) is 4.99 Å². The van der Waals surface area contributed by atoms with Crippen molar-refractivity contribution in [3.63, 3.8) is 0 Å². The molecule has 0 bridgehead atoms. The summed E-state index contributed by atoms with van der Waals surface area (Å²) in [5.74, 6) is 0.893. The van der Waals surface area contributed by atoms with Crippen molar-refractivity contribution in [3.05, 3.63) is 84.6 Å². The summed E-state index contributed by atoms with van der Waals surface area (Å²) in [6.45, 7) is 5.72. The Morgan fingerprint density at radius 1 is 1.00 bits per heavy atom. The zero-order chi connectivity index (χ0) is 21.3. The second-order valence-corrected chi connectivity index (χ2v) is 7.85. The lowest BCUT2D eigenvalue weighted by Gasteiger charge is -2.34. The highest BCUT2D eigenvalue weighted by Gasteiger charge is 2.20. The van der Waals surface area contributed by atoms with Crippen LogP contribution in [-0.2, 0) is 6.54 Å². The third kappa shape index (κ3) is 5.85. The molecule has 1 aromatic heterocycles. The molecule has 1 aliphatic rings. The van der Waals surface area contributed by atoms with E-state index in [9.17, 15) is 0 Å². The van der Waals surface area contributed by atoms with Crippen molar-refractivity contribution in [3.8, 4) is 11.3 Å². The maximum atomic E-state index is 4.85. The fourth-order valence-electron chi connectivity index (χ4n) is 3.97. The summed E-state index contributed by atoms with van der Waals surface area (Å²) in [6, 6.07) is 25.6. The molecule has 0 saturated carbocycles. The van der Waals surface area contributed by atoms with Crippen molar-refractivity contribution in [1.82, 2.24) is 15.6 Å². The van der Waals surface area contributed by atoms with Gasteiger partial charge in [0.2, 0.25) is 0 Å². The Balaban J connectivity index is 1.36. The van der Waals surface area contributed by atoms with E-state index in [4.69, 9.17) is 4.99 Å². The molecule has 2 heterocycles. The van der Waals surface area contributed by atoms with Crippen molar-refractivity contribution in [2.45, 2.75) is 32.4 Å². The molecule has 2 N–H and O–H groups in total. The van der Waals surface area contributed by atoms with Crippen LogP contribution < -0.4 is 15.5 Å². The molecule has 0 aliphatic carbocycles. The van der Waals surface area contributed by atoms with E-state index in [0.717, 1.165) is 49.7 Å². The molecule has 3 aromatic rings. The van der Waals surface area contributed by atoms with Gasteiger partial charge in [-0.05, 0) is 55.7 Å². The number of nitrogens with zero attached hydrogens (tertiary/aromatic N) is 3. The molecule has 2 aromatic carbocycles. The predicted molar refractivity (Wildman–Crippen MR) is 129 cm³/mol. The highest BCUT2D eigenvalue weighted by atomic mass is 15.2. The van der Waals surface area contributed by atoms with Crippen LogP contribution in [0.3, 0.4) is 0 Å². The zero-order valence-corrected chi connectivity index (χ0v) is 18.2. The highest BCUT2D eigenvalue weighted by Crippen LogP contribution is 2.20. The van der Waals surface area contributed by atoms with Gasteiger partial charge in [-0.3, -0.25) is 4.98 Å². The van der Waals surface area contributed by atoms with Gasteiger partial charge in [0.05, 0.1) is 12.2 Å². The molecule has 1 aliphatic heterocycles. The molecule has 5 heteroatoms. The molecule has 31 heavy (non-hydrogen) atoms. The molecule has 1 saturated heterocycles. The molecule has 160 valence electrons. The van der Waals surface area contributed by atoms with Crippen LogP contribution >= 0.6 is 0 Å². The Labute approximate surface area is 185 Å². The van der Waals surface area contributed by atoms with E-state index in [1.54, 1.807) is 0 Å². The first-order valence-corrected chi connectivity index (χ1v) is 11.2. The molecule has 0 atom stereocenters. The minimum atomic E-state index is 0.442. The summed E-state index contributed by atoms with van der Waals surface area (Å²) in [6.07, 6.45) is 4.04. The van der Waals surface area contributed by atoms with Gasteiger partial charge in [-0.2, -0.15) is 0 Å². The standard InChI is InChI=1S/C26H31N5/c1-2-27-26(30-23-14-17-31(18-15-23)24-11-4-3-5-12-24)29-20-21-9-8-10-22(19-21)25-13-6-7-16-28-25/h3-13,16,19,23H,2,14-15,17-18,20H2,1H3,(H2,27,29,30). The Morgan fingerprint density at radius 3 is 2.55 bits per heavy atom. The number of nitrogens with one attached hydrogen (secondary N) is 2. The number of hydrogen-bond donors (Lipinski definition) is 2. The van der Waals surface area contributed by atoms with Crippen molar-refractivity contribution in [1.29, 1.82) is 0 Å². The van der Waals surface area contributed by atoms with Crippen LogP contribution in [0.5, 0.6) is 0 Å². The summed E-state index contributed by atoms with van der Waals surface area (Å²) < 4.78 is 0. The SMILES string of the molecule is CCNC(=NCc1cccc(-c2ccccn2)c1)NC1CCN(c2ccccc2)CC1. The molecule has 0 radical (unpaired) electrons. The Bertz CT molecular complexity index is 963. The van der Waals surface area contributed by atoms with E-state index in [1.807, 2.05) is 24.4 Å². The van der Waals surface area contributed by atoms with E-state index in [2.05, 4.69) is 82.0 Å². The first kappa shape index (κ1) is 20.9. The minimum absolute atomic E-state index is 0.442. The van der Waals surface area contributed by atoms with Crippen LogP contribution in [0.4, 0.5) is 5.69 Å². The number of para-hydroxylation sites is 1. The maximum Gasteiger partial charge on any atom is 0.191 e. The number of piperidine rings is 1. The summed E-state index contributed by atoms with van der Waals surface area (Å²) in [5, 5.41) is 7.05. The van der Waals surface area contributed by atoms with Gasteiger partial charge in [0.25, 0.3) is 0 Å². The van der Waals surface area contributed by atoms with Gasteiger partial charge in [0, 0.05) is 43.1 Å². The van der Waals surface area contributed by atoms with Crippen LogP contribution in [0.15, 0.2) is 84.0 Å². The summed E-state index contributed by atoms with van der Waals surface area (Å²) in [5.41, 5.74) is 4.61. The minimum Gasteiger partial charge on any atom is -0.371 e. The Hall–Kier alpha value is -3.34. The largest absolute Gasteiger partial charge is 0.371 e. The first-order chi connectivity index (χ1) is 15.3. The average Bonchev–Trinajstić information content (AvgIpc) is 2.84. The van der Waals surface area contributed by atoms with Gasteiger partial charge >= 0.3 is 0 Å². The normalized spacial score (nSPS) is 15.0. The van der Waals surface area contributed by atoms with Gasteiger partial charge in [-0.15, -0.1) is 0 Å². The number of hydrogen-bond acceptors (Lipinski definition) is 3. The van der Waals surface area contributed by atoms with Crippen molar-refractivity contribution < 1.29 is 0 Å². The zero-order valence-electron chi connectivity index (χ0n) is 18.2. The van der Waals surface area contributed by atoms with Crippen LogP contribution in [0.1, 0.15) is 25.3 Å². The molecule has 0 unspecified atom stereocenters. The molecular weight excluding hydrogens is 382 g/mol. The fraction of sp³-hybridized carbons (Fsp3) is 0.308. The molecule has 5 nitrogen and oxygen atoms in total. The maximum absolute atomic E-state index is 4.85. The van der Waals surface area contributed by atoms with E-state index >= 15 is 0 Å². The van der Waals surface area contributed by atoms with Gasteiger partial charge in [-0.1, -0.05) is 42.5 Å². The number of pyridine rings is 1. The van der Waals surface area contributed by atoms with Gasteiger partial charge in [-0.25, -0.2) is 4.99 Å². The smallest absolute Gasteiger partial charge is 0.191 e. The Kier molecular flexibility index (Phi) is 7.16. The number of aromatic nitrogens is 1. The second kappa shape index (κ2) is 10.6. The second-order valence-electron chi connectivity index (χ2n) is 7.85. The third-order valence-corrected chi connectivity index (χ3v) is 5.61. The molecule has 0 amide bonds. The lowest BCUT2D eigenvalue weighted by Crippen LogP contribution is -2.48. The summed E-state index contributed by atoms with van der Waals surface area (Å²) in [7, 11) is 0. The number of guanidine groups is 1. The molecule has 0 spiro atoms. The fourth-order valence-corrected chi connectivity index (χ4v) is 3.97. The van der Waals surface area contributed by atoms with E-state index in [-0.39, 0.29) is 0 Å². The van der Waals surface area contributed by atoms with Crippen LogP contribution in [0, 0.1) is 0 Å². The number of anilines is 1. The predicted octanol–water partition coefficient (Wildman–Crippen LogP) is 4.47. The van der Waals surface area contributed by atoms with Crippen molar-refractivity contribution >= 4 is 11.6 Å². The Morgan fingerprint density at radius 2 is 1.81 bits per heavy atom. The molecule has 4 rings (SSSR count). The van der Waals surface area contributed by atoms with E-state index in [1.165, 1.54) is 11.3 Å². The molecule has 1 fully saturated rings. The summed E-state index contributed by atoms with van der Waals surface area (Å²) >= 11 is 0. The third-order valence-electron chi connectivity index (χ3n) is 5.61.